The zero-order valence-corrected chi connectivity index (χ0v) is 16.4. The van der Waals surface area contributed by atoms with Crippen LogP contribution in [0.1, 0.15) is 19.3 Å². The normalized spacial score (nSPS) is 16.2. The average molecular weight is 402 g/mol. The first kappa shape index (κ1) is 20.5. The van der Waals surface area contributed by atoms with E-state index in [4.69, 9.17) is 10.5 Å². The lowest BCUT2D eigenvalue weighted by atomic mass is 9.93. The molecule has 156 valence electrons. The molecule has 11 heteroatoms. The number of carbonyl (C=O) groups excluding carboxylic acids is 1. The van der Waals surface area contributed by atoms with Crippen molar-refractivity contribution in [3.63, 3.8) is 0 Å². The molecule has 1 aliphatic carbocycles. The number of ether oxygens (including phenoxy) is 1. The molecule has 2 aromatic rings. The summed E-state index contributed by atoms with van der Waals surface area (Å²) in [7, 11) is 1.63. The summed E-state index contributed by atoms with van der Waals surface area (Å²) >= 11 is 0. The largest absolute Gasteiger partial charge is 0.378 e. The molecular weight excluding hydrogens is 376 g/mol. The van der Waals surface area contributed by atoms with Crippen LogP contribution in [-0.4, -0.2) is 65.4 Å². The molecule has 0 atom stereocenters. The van der Waals surface area contributed by atoms with Gasteiger partial charge in [0.15, 0.2) is 0 Å². The molecule has 3 heterocycles. The number of nitrogens with zero attached hydrogens (tertiary/aromatic N) is 4. The second-order valence-electron chi connectivity index (χ2n) is 6.73. The van der Waals surface area contributed by atoms with E-state index in [1.165, 1.54) is 12.5 Å². The van der Waals surface area contributed by atoms with E-state index in [1.807, 2.05) is 4.90 Å². The van der Waals surface area contributed by atoms with Gasteiger partial charge in [-0.2, -0.15) is 0 Å². The molecule has 2 fully saturated rings. The Labute approximate surface area is 168 Å². The van der Waals surface area contributed by atoms with Gasteiger partial charge < -0.3 is 26.0 Å². The number of rotatable bonds is 3. The molecular formula is C18H26N8O3. The molecule has 11 nitrogen and oxygen atoms in total. The number of urea groups is 1. The van der Waals surface area contributed by atoms with Crippen molar-refractivity contribution in [3.8, 4) is 11.3 Å². The van der Waals surface area contributed by atoms with Crippen LogP contribution in [0.25, 0.3) is 11.3 Å². The average Bonchev–Trinajstić information content (AvgIpc) is 2.72. The maximum Gasteiger partial charge on any atom is 0.314 e. The van der Waals surface area contributed by atoms with Gasteiger partial charge in [0, 0.05) is 50.2 Å². The lowest BCUT2D eigenvalue weighted by Gasteiger charge is -2.27. The minimum Gasteiger partial charge on any atom is -0.378 e. The van der Waals surface area contributed by atoms with Gasteiger partial charge in [0.2, 0.25) is 11.9 Å². The van der Waals surface area contributed by atoms with Gasteiger partial charge in [-0.25, -0.2) is 19.7 Å². The van der Waals surface area contributed by atoms with Crippen molar-refractivity contribution in [2.45, 2.75) is 25.3 Å². The Hall–Kier alpha value is -3.21. The van der Waals surface area contributed by atoms with Crippen molar-refractivity contribution in [2.24, 2.45) is 0 Å². The fourth-order valence-corrected chi connectivity index (χ4v) is 2.80. The molecule has 1 saturated carbocycles. The van der Waals surface area contributed by atoms with Gasteiger partial charge in [0.05, 0.1) is 18.9 Å². The number of anilines is 2. The van der Waals surface area contributed by atoms with Crippen molar-refractivity contribution in [2.75, 3.05) is 44.0 Å². The number of nitrogens with one attached hydrogen (secondary N) is 3. The topological polar surface area (TPSA) is 151 Å². The van der Waals surface area contributed by atoms with Crippen molar-refractivity contribution >= 4 is 17.9 Å². The molecule has 5 N–H and O–H groups in total. The van der Waals surface area contributed by atoms with Crippen LogP contribution in [0.4, 0.5) is 16.7 Å². The highest BCUT2D eigenvalue weighted by Crippen LogP contribution is 2.18. The number of nitrogen functional groups attached to an aromatic ring is 1. The SMILES string of the molecule is CNC(=O)NC1CCC1.Nc1ncc(-c2cc(=O)[nH]c(N3CCOCC3)n2)cn1. The summed E-state index contributed by atoms with van der Waals surface area (Å²) < 4.78 is 5.28. The van der Waals surface area contributed by atoms with Gasteiger partial charge in [0.25, 0.3) is 5.56 Å². The highest BCUT2D eigenvalue weighted by Gasteiger charge is 2.18. The number of aromatic amines is 1. The van der Waals surface area contributed by atoms with E-state index in [-0.39, 0.29) is 17.5 Å². The van der Waals surface area contributed by atoms with Crippen LogP contribution in [0.2, 0.25) is 0 Å². The monoisotopic (exact) mass is 402 g/mol. The third kappa shape index (κ3) is 5.88. The first-order chi connectivity index (χ1) is 14.0. The molecule has 0 bridgehead atoms. The summed E-state index contributed by atoms with van der Waals surface area (Å²) in [6.45, 7) is 2.65. The van der Waals surface area contributed by atoms with Gasteiger partial charge in [-0.15, -0.1) is 0 Å². The van der Waals surface area contributed by atoms with E-state index in [0.717, 1.165) is 12.8 Å². The maximum absolute atomic E-state index is 11.8. The first-order valence-electron chi connectivity index (χ1n) is 9.55. The number of hydrogen-bond acceptors (Lipinski definition) is 8. The zero-order chi connectivity index (χ0) is 20.6. The minimum absolute atomic E-state index is 0.0558. The number of morpholine rings is 1. The Morgan fingerprint density at radius 2 is 1.97 bits per heavy atom. The van der Waals surface area contributed by atoms with Gasteiger partial charge in [-0.1, -0.05) is 0 Å². The van der Waals surface area contributed by atoms with E-state index < -0.39 is 0 Å². The van der Waals surface area contributed by atoms with Crippen molar-refractivity contribution in [1.82, 2.24) is 30.6 Å². The molecule has 0 aromatic carbocycles. The van der Waals surface area contributed by atoms with Crippen molar-refractivity contribution < 1.29 is 9.53 Å². The van der Waals surface area contributed by atoms with Crippen molar-refractivity contribution in [1.29, 1.82) is 0 Å². The predicted octanol–water partition coefficient (Wildman–Crippen LogP) is 0.114. The Kier molecular flexibility index (Phi) is 6.95. The summed E-state index contributed by atoms with van der Waals surface area (Å²) in [5, 5.41) is 5.33. The number of nitrogens with two attached hydrogens (primary N) is 1. The van der Waals surface area contributed by atoms with Crippen LogP contribution in [0.5, 0.6) is 0 Å². The van der Waals surface area contributed by atoms with Gasteiger partial charge >= 0.3 is 6.03 Å². The molecule has 4 rings (SSSR count). The lowest BCUT2D eigenvalue weighted by molar-refractivity contribution is 0.122. The van der Waals surface area contributed by atoms with E-state index in [0.29, 0.717) is 49.6 Å². The molecule has 0 radical (unpaired) electrons. The summed E-state index contributed by atoms with van der Waals surface area (Å²) in [4.78, 5) is 39.4. The van der Waals surface area contributed by atoms with Gasteiger partial charge in [0.1, 0.15) is 0 Å². The van der Waals surface area contributed by atoms with Crippen LogP contribution in [0, 0.1) is 0 Å². The highest BCUT2D eigenvalue weighted by atomic mass is 16.5. The fourth-order valence-electron chi connectivity index (χ4n) is 2.80. The maximum atomic E-state index is 11.8. The lowest BCUT2D eigenvalue weighted by Crippen LogP contribution is -2.43. The summed E-state index contributed by atoms with van der Waals surface area (Å²) in [5.74, 6) is 0.722. The van der Waals surface area contributed by atoms with E-state index in [1.54, 1.807) is 19.4 Å². The molecule has 0 unspecified atom stereocenters. The van der Waals surface area contributed by atoms with Crippen molar-refractivity contribution in [3.05, 3.63) is 28.8 Å². The molecule has 2 aliphatic rings. The third-order valence-corrected chi connectivity index (χ3v) is 4.67. The second kappa shape index (κ2) is 9.82. The van der Waals surface area contributed by atoms with Crippen LogP contribution < -0.4 is 26.8 Å². The zero-order valence-electron chi connectivity index (χ0n) is 16.4. The Bertz CT molecular complexity index is 860. The highest BCUT2D eigenvalue weighted by molar-refractivity contribution is 5.73. The summed E-state index contributed by atoms with van der Waals surface area (Å²) in [6.07, 6.45) is 6.65. The quantitative estimate of drug-likeness (QED) is 0.565. The minimum atomic E-state index is -0.215. The fraction of sp³-hybridized carbons (Fsp3) is 0.500. The predicted molar refractivity (Wildman–Crippen MR) is 109 cm³/mol. The molecule has 2 amide bonds. The standard InChI is InChI=1S/C12H14N6O2.C6H12N2O/c13-11-14-6-8(7-15-11)9-5-10(19)17-12(16-9)18-1-3-20-4-2-18;1-7-6(9)8-5-3-2-4-5/h5-7H,1-4H2,(H2,13,14,15)(H,16,17,19);5H,2-4H2,1H3,(H2,7,8,9). The summed E-state index contributed by atoms with van der Waals surface area (Å²) in [6, 6.07) is 1.81. The molecule has 1 aliphatic heterocycles. The van der Waals surface area contributed by atoms with E-state index in [9.17, 15) is 9.59 Å². The summed E-state index contributed by atoms with van der Waals surface area (Å²) in [5.41, 5.74) is 6.41. The van der Waals surface area contributed by atoms with E-state index in [2.05, 4.69) is 30.6 Å². The number of hydrogen-bond donors (Lipinski definition) is 4. The smallest absolute Gasteiger partial charge is 0.314 e. The van der Waals surface area contributed by atoms with Crippen LogP contribution in [0.15, 0.2) is 23.3 Å². The number of H-pyrrole nitrogens is 1. The number of carbonyl (C=O) groups is 1. The molecule has 1 saturated heterocycles. The van der Waals surface area contributed by atoms with Gasteiger partial charge in [-0.3, -0.25) is 9.78 Å². The second-order valence-corrected chi connectivity index (χ2v) is 6.73. The number of aromatic nitrogens is 4. The van der Waals surface area contributed by atoms with Crippen LogP contribution >= 0.6 is 0 Å². The van der Waals surface area contributed by atoms with Gasteiger partial charge in [-0.05, 0) is 19.3 Å². The van der Waals surface area contributed by atoms with Crippen LogP contribution in [0.3, 0.4) is 0 Å². The van der Waals surface area contributed by atoms with Crippen LogP contribution in [-0.2, 0) is 4.74 Å². The van der Waals surface area contributed by atoms with E-state index >= 15 is 0 Å². The molecule has 0 spiro atoms. The molecule has 2 aromatic heterocycles. The Morgan fingerprint density at radius 3 is 2.55 bits per heavy atom. The molecule has 29 heavy (non-hydrogen) atoms. The third-order valence-electron chi connectivity index (χ3n) is 4.67. The first-order valence-corrected chi connectivity index (χ1v) is 9.55. The number of amides is 2. The Balaban J connectivity index is 0.000000224. The Morgan fingerprint density at radius 1 is 1.28 bits per heavy atom.